The van der Waals surface area contributed by atoms with Gasteiger partial charge in [-0.2, -0.15) is 0 Å². The monoisotopic (exact) mass is 375 g/mol. The Kier molecular flexibility index (Phi) is 5.75. The lowest BCUT2D eigenvalue weighted by atomic mass is 10.1. The zero-order valence-corrected chi connectivity index (χ0v) is 16.0. The first kappa shape index (κ1) is 17.9. The molecule has 1 aromatic heterocycles. The minimum atomic E-state index is -0.429. The van der Waals surface area contributed by atoms with Crippen LogP contribution in [0.15, 0.2) is 29.6 Å². The minimum Gasteiger partial charge on any atom is -0.349 e. The fourth-order valence-electron chi connectivity index (χ4n) is 2.72. The van der Waals surface area contributed by atoms with Gasteiger partial charge in [-0.1, -0.05) is 25.1 Å². The molecule has 3 rings (SSSR count). The van der Waals surface area contributed by atoms with Crippen molar-refractivity contribution in [3.8, 4) is 0 Å². The highest BCUT2D eigenvalue weighted by atomic mass is 32.2. The molecule has 0 bridgehead atoms. The molecule has 1 atom stereocenters. The highest BCUT2D eigenvalue weighted by molar-refractivity contribution is 7.99. The third-order valence-corrected chi connectivity index (χ3v) is 6.22. The van der Waals surface area contributed by atoms with Gasteiger partial charge in [0.1, 0.15) is 6.04 Å². The predicted molar refractivity (Wildman–Crippen MR) is 102 cm³/mol. The lowest BCUT2D eigenvalue weighted by molar-refractivity contribution is -0.124. The Balaban J connectivity index is 1.65. The van der Waals surface area contributed by atoms with Crippen LogP contribution in [0.4, 0.5) is 0 Å². The SMILES string of the molecule is CCc1nc(CNC(=O)[C@H]2CSCN2C(=O)c2ccccc2C)cs1. The van der Waals surface area contributed by atoms with E-state index in [4.69, 9.17) is 0 Å². The van der Waals surface area contributed by atoms with E-state index in [0.29, 0.717) is 23.7 Å². The number of benzene rings is 1. The Labute approximate surface area is 155 Å². The summed E-state index contributed by atoms with van der Waals surface area (Å²) in [5.41, 5.74) is 2.46. The summed E-state index contributed by atoms with van der Waals surface area (Å²) in [4.78, 5) is 31.5. The maximum Gasteiger partial charge on any atom is 0.255 e. The van der Waals surface area contributed by atoms with Gasteiger partial charge in [0.2, 0.25) is 5.91 Å². The van der Waals surface area contributed by atoms with Crippen molar-refractivity contribution in [1.29, 1.82) is 0 Å². The van der Waals surface area contributed by atoms with Gasteiger partial charge in [-0.05, 0) is 25.0 Å². The molecule has 1 aliphatic rings. The smallest absolute Gasteiger partial charge is 0.255 e. The molecule has 25 heavy (non-hydrogen) atoms. The molecule has 0 radical (unpaired) electrons. The lowest BCUT2D eigenvalue weighted by Crippen LogP contribution is -2.47. The predicted octanol–water partition coefficient (Wildman–Crippen LogP) is 2.85. The van der Waals surface area contributed by atoms with Gasteiger partial charge >= 0.3 is 0 Å². The first-order valence-corrected chi connectivity index (χ1v) is 10.3. The lowest BCUT2D eigenvalue weighted by Gasteiger charge is -2.23. The van der Waals surface area contributed by atoms with Crippen LogP contribution in [0.3, 0.4) is 0 Å². The zero-order valence-electron chi connectivity index (χ0n) is 14.3. The molecule has 0 aliphatic carbocycles. The molecule has 1 aromatic carbocycles. The minimum absolute atomic E-state index is 0.0785. The van der Waals surface area contributed by atoms with Crippen LogP contribution in [0, 0.1) is 6.92 Å². The molecule has 0 unspecified atom stereocenters. The first-order chi connectivity index (χ1) is 12.1. The molecular weight excluding hydrogens is 354 g/mol. The van der Waals surface area contributed by atoms with Crippen LogP contribution in [-0.4, -0.2) is 39.4 Å². The maximum absolute atomic E-state index is 12.8. The van der Waals surface area contributed by atoms with E-state index in [1.54, 1.807) is 28.0 Å². The molecule has 2 amide bonds. The van der Waals surface area contributed by atoms with Gasteiger partial charge in [0, 0.05) is 16.7 Å². The fourth-order valence-corrected chi connectivity index (χ4v) is 4.61. The average Bonchev–Trinajstić information content (AvgIpc) is 3.28. The van der Waals surface area contributed by atoms with Gasteiger partial charge in [0.15, 0.2) is 0 Å². The van der Waals surface area contributed by atoms with Crippen molar-refractivity contribution in [2.24, 2.45) is 0 Å². The largest absolute Gasteiger partial charge is 0.349 e. The Morgan fingerprint density at radius 2 is 2.16 bits per heavy atom. The average molecular weight is 376 g/mol. The van der Waals surface area contributed by atoms with Crippen LogP contribution < -0.4 is 5.32 Å². The molecule has 2 heterocycles. The number of carbonyl (C=O) groups excluding carboxylic acids is 2. The molecule has 1 N–H and O–H groups in total. The Morgan fingerprint density at radius 3 is 2.88 bits per heavy atom. The second kappa shape index (κ2) is 8.01. The summed E-state index contributed by atoms with van der Waals surface area (Å²) in [6.07, 6.45) is 0.899. The van der Waals surface area contributed by atoms with Crippen molar-refractivity contribution in [3.63, 3.8) is 0 Å². The van der Waals surface area contributed by atoms with Crippen molar-refractivity contribution in [2.75, 3.05) is 11.6 Å². The molecule has 1 aliphatic heterocycles. The number of aryl methyl sites for hydroxylation is 2. The number of rotatable bonds is 5. The third kappa shape index (κ3) is 4.04. The van der Waals surface area contributed by atoms with Crippen LogP contribution in [0.1, 0.15) is 33.5 Å². The number of thiazole rings is 1. The van der Waals surface area contributed by atoms with E-state index in [-0.39, 0.29) is 11.8 Å². The van der Waals surface area contributed by atoms with E-state index in [0.717, 1.165) is 22.7 Å². The van der Waals surface area contributed by atoms with Gasteiger partial charge in [0.25, 0.3) is 5.91 Å². The number of carbonyl (C=O) groups is 2. The summed E-state index contributed by atoms with van der Waals surface area (Å²) in [7, 11) is 0. The van der Waals surface area contributed by atoms with Crippen LogP contribution in [-0.2, 0) is 17.8 Å². The standard InChI is InChI=1S/C18H21N3O2S2/c1-3-16-20-13(9-25-16)8-19-17(22)15-10-24-11-21(15)18(23)14-7-5-4-6-12(14)2/h4-7,9,15H,3,8,10-11H2,1-2H3,(H,19,22)/t15-/m1/s1. The van der Waals surface area contributed by atoms with E-state index in [1.807, 2.05) is 36.6 Å². The molecule has 132 valence electrons. The highest BCUT2D eigenvalue weighted by Crippen LogP contribution is 2.24. The van der Waals surface area contributed by atoms with E-state index < -0.39 is 6.04 Å². The summed E-state index contributed by atoms with van der Waals surface area (Å²) in [6.45, 7) is 4.38. The van der Waals surface area contributed by atoms with Crippen LogP contribution >= 0.6 is 23.1 Å². The quantitative estimate of drug-likeness (QED) is 0.873. The molecule has 1 fully saturated rings. The van der Waals surface area contributed by atoms with Crippen LogP contribution in [0.25, 0.3) is 0 Å². The van der Waals surface area contributed by atoms with Crippen LogP contribution in [0.5, 0.6) is 0 Å². The van der Waals surface area contributed by atoms with Crippen molar-refractivity contribution >= 4 is 34.9 Å². The highest BCUT2D eigenvalue weighted by Gasteiger charge is 2.35. The number of nitrogens with zero attached hydrogens (tertiary/aromatic N) is 2. The Hall–Kier alpha value is -1.86. The van der Waals surface area contributed by atoms with Gasteiger partial charge < -0.3 is 10.2 Å². The summed E-state index contributed by atoms with van der Waals surface area (Å²) in [6, 6.07) is 7.07. The summed E-state index contributed by atoms with van der Waals surface area (Å²) < 4.78 is 0. The van der Waals surface area contributed by atoms with Crippen LogP contribution in [0.2, 0.25) is 0 Å². The number of nitrogens with one attached hydrogen (secondary N) is 1. The molecule has 1 saturated heterocycles. The molecule has 7 heteroatoms. The number of hydrogen-bond donors (Lipinski definition) is 1. The molecule has 0 saturated carbocycles. The van der Waals surface area contributed by atoms with E-state index in [9.17, 15) is 9.59 Å². The van der Waals surface area contributed by atoms with E-state index in [1.165, 1.54) is 0 Å². The molecule has 2 aromatic rings. The van der Waals surface area contributed by atoms with Gasteiger partial charge in [-0.25, -0.2) is 4.98 Å². The van der Waals surface area contributed by atoms with Gasteiger partial charge in [0.05, 0.1) is 23.1 Å². The van der Waals surface area contributed by atoms with Crippen molar-refractivity contribution in [1.82, 2.24) is 15.2 Å². The van der Waals surface area contributed by atoms with E-state index in [2.05, 4.69) is 17.2 Å². The van der Waals surface area contributed by atoms with Crippen molar-refractivity contribution in [2.45, 2.75) is 32.9 Å². The fraction of sp³-hybridized carbons (Fsp3) is 0.389. The number of amides is 2. The molecular formula is C18H21N3O2S2. The van der Waals surface area contributed by atoms with E-state index >= 15 is 0 Å². The second-order valence-corrected chi connectivity index (χ2v) is 7.85. The maximum atomic E-state index is 12.8. The Morgan fingerprint density at radius 1 is 1.36 bits per heavy atom. The summed E-state index contributed by atoms with van der Waals surface area (Å²) >= 11 is 3.21. The normalized spacial score (nSPS) is 16.9. The number of aromatic nitrogens is 1. The number of thioether (sulfide) groups is 1. The summed E-state index contributed by atoms with van der Waals surface area (Å²) in [5, 5.41) is 5.96. The second-order valence-electron chi connectivity index (χ2n) is 5.91. The third-order valence-electron chi connectivity index (χ3n) is 4.17. The van der Waals surface area contributed by atoms with Gasteiger partial charge in [-0.3, -0.25) is 9.59 Å². The number of hydrogen-bond acceptors (Lipinski definition) is 5. The first-order valence-electron chi connectivity index (χ1n) is 8.25. The Bertz CT molecular complexity index is 775. The molecule has 5 nitrogen and oxygen atoms in total. The zero-order chi connectivity index (χ0) is 17.8. The van der Waals surface area contributed by atoms with Crippen molar-refractivity contribution in [3.05, 3.63) is 51.5 Å². The summed E-state index contributed by atoms with van der Waals surface area (Å²) in [5.74, 6) is 0.978. The van der Waals surface area contributed by atoms with Crippen molar-refractivity contribution < 1.29 is 9.59 Å². The van der Waals surface area contributed by atoms with Gasteiger partial charge in [-0.15, -0.1) is 23.1 Å². The topological polar surface area (TPSA) is 62.3 Å². The molecule has 0 spiro atoms.